The van der Waals surface area contributed by atoms with Crippen LogP contribution in [0.4, 0.5) is 0 Å². The average molecular weight is 513 g/mol. The van der Waals surface area contributed by atoms with E-state index < -0.39 is 6.04 Å². The summed E-state index contributed by atoms with van der Waals surface area (Å²) in [7, 11) is 0. The minimum absolute atomic E-state index is 0.278. The molecule has 1 aromatic rings. The minimum Gasteiger partial charge on any atom is -0.489 e. The van der Waals surface area contributed by atoms with E-state index in [0.717, 1.165) is 11.5 Å². The number of ether oxygens (including phenoxy) is 2. The van der Waals surface area contributed by atoms with E-state index in [2.05, 4.69) is 42.5 Å². The van der Waals surface area contributed by atoms with Crippen LogP contribution in [0.5, 0.6) is 11.5 Å². The largest absolute Gasteiger partial charge is 0.489 e. The van der Waals surface area contributed by atoms with Gasteiger partial charge in [0.15, 0.2) is 0 Å². The Morgan fingerprint density at radius 3 is 1.34 bits per heavy atom. The summed E-state index contributed by atoms with van der Waals surface area (Å²) in [5.74, 6) is 2.07. The molecule has 2 heterocycles. The molecule has 4 aliphatic rings. The van der Waals surface area contributed by atoms with Gasteiger partial charge in [0, 0.05) is 17.4 Å². The first-order valence-corrected chi connectivity index (χ1v) is 17.6. The van der Waals surface area contributed by atoms with Crippen LogP contribution in [0.3, 0.4) is 0 Å². The Morgan fingerprint density at radius 1 is 0.514 bits per heavy atom. The van der Waals surface area contributed by atoms with Crippen LogP contribution in [-0.4, -0.2) is 23.5 Å². The van der Waals surface area contributed by atoms with E-state index in [9.17, 15) is 0 Å². The van der Waals surface area contributed by atoms with Gasteiger partial charge < -0.3 is 9.47 Å². The van der Waals surface area contributed by atoms with Gasteiger partial charge in [-0.25, -0.2) is 0 Å². The first kappa shape index (κ1) is 25.6. The van der Waals surface area contributed by atoms with E-state index in [1.54, 1.807) is 0 Å². The van der Waals surface area contributed by atoms with Crippen molar-refractivity contribution in [2.75, 3.05) is 0 Å². The van der Waals surface area contributed by atoms with Crippen molar-refractivity contribution in [3.05, 3.63) is 42.5 Å². The lowest BCUT2D eigenvalue weighted by Gasteiger charge is -2.51. The van der Waals surface area contributed by atoms with Gasteiger partial charge in [0.05, 0.1) is 5.30 Å². The molecule has 0 N–H and O–H groups in total. The van der Waals surface area contributed by atoms with Crippen LogP contribution in [-0.2, 0) is 11.8 Å². The van der Waals surface area contributed by atoms with Crippen LogP contribution in [0, 0.1) is 0 Å². The first-order chi connectivity index (χ1) is 17.3. The van der Waals surface area contributed by atoms with Gasteiger partial charge in [0.2, 0.25) is 0 Å². The van der Waals surface area contributed by atoms with E-state index in [4.69, 9.17) is 21.3 Å². The van der Waals surface area contributed by atoms with E-state index in [-0.39, 0.29) is 12.2 Å². The van der Waals surface area contributed by atoms with Crippen molar-refractivity contribution in [1.29, 1.82) is 0 Å². The highest BCUT2D eigenvalue weighted by atomic mass is 32.4. The Bertz CT molecular complexity index is 945. The molecule has 2 aliphatic carbocycles. The fourth-order valence-electron chi connectivity index (χ4n) is 7.09. The van der Waals surface area contributed by atoms with E-state index in [0.29, 0.717) is 11.3 Å². The molecule has 4 heteroatoms. The van der Waals surface area contributed by atoms with Crippen LogP contribution < -0.4 is 14.8 Å². The fraction of sp³-hybridized carbons (Fsp3) is 0.677. The second kappa shape index (κ2) is 12.5. The Labute approximate surface area is 218 Å². The summed E-state index contributed by atoms with van der Waals surface area (Å²) in [5, 5.41) is 1.30. The zero-order chi connectivity index (χ0) is 23.9. The molecule has 35 heavy (non-hydrogen) atoms. The summed E-state index contributed by atoms with van der Waals surface area (Å²) >= 11 is 7.13. The van der Waals surface area contributed by atoms with E-state index in [1.807, 2.05) is 0 Å². The average Bonchev–Trinajstić information content (AvgIpc) is 2.91. The SMILES string of the molecule is S=P12c3c(cccccccc3OC3CCCCCCCCC31)OC1CCCCCCCCCC12. The normalized spacial score (nSPS) is 33.6. The highest BCUT2D eigenvalue weighted by Gasteiger charge is 2.53. The van der Waals surface area contributed by atoms with Crippen LogP contribution in [0.15, 0.2) is 42.5 Å². The Hall–Kier alpha value is -1.05. The number of hydrogen-bond donors (Lipinski definition) is 0. The summed E-state index contributed by atoms with van der Waals surface area (Å²) < 4.78 is 13.9. The predicted octanol–water partition coefficient (Wildman–Crippen LogP) is 8.83. The zero-order valence-electron chi connectivity index (χ0n) is 21.5. The quantitative estimate of drug-likeness (QED) is 0.324. The number of fused-ring (bicyclic) bond motifs is 4. The number of rotatable bonds is 0. The van der Waals surface area contributed by atoms with Gasteiger partial charge >= 0.3 is 0 Å². The van der Waals surface area contributed by atoms with Crippen molar-refractivity contribution in [2.45, 2.75) is 133 Å². The monoisotopic (exact) mass is 512 g/mol. The molecule has 2 aliphatic heterocycles. The molecule has 0 bridgehead atoms. The maximum atomic E-state index is 7.13. The van der Waals surface area contributed by atoms with Gasteiger partial charge in [0.1, 0.15) is 23.7 Å². The summed E-state index contributed by atoms with van der Waals surface area (Å²) in [6, 6.07) is 13.0. The molecule has 0 spiro atoms. The van der Waals surface area contributed by atoms with Crippen LogP contribution in [0.1, 0.15) is 109 Å². The molecule has 5 rings (SSSR count). The molecule has 192 valence electrons. The lowest BCUT2D eigenvalue weighted by molar-refractivity contribution is 0.151. The standard InChI is InChI=1S/C31H45O2PS/c35-34-29-23-17-11-3-1-2-7-13-19-25(29)32-27-21-15-9-6-10-16-22-28(31(27)34)33-26-20-14-8-4-5-12-18-24-30(26)34/h6,9-10,15-16,21-22,25-26,29-30H,1-5,7-8,11-14,17-20,23-24H2. The third-order valence-electron chi connectivity index (χ3n) is 8.88. The third kappa shape index (κ3) is 5.77. The summed E-state index contributed by atoms with van der Waals surface area (Å²) in [6.45, 7) is 0. The van der Waals surface area contributed by atoms with E-state index >= 15 is 0 Å². The second-order valence-corrected chi connectivity index (χ2v) is 16.3. The van der Waals surface area contributed by atoms with Crippen molar-refractivity contribution < 1.29 is 9.47 Å². The molecule has 0 saturated heterocycles. The van der Waals surface area contributed by atoms with Gasteiger partial charge in [-0.2, -0.15) is 0 Å². The van der Waals surface area contributed by atoms with Gasteiger partial charge in [0.25, 0.3) is 0 Å². The summed E-state index contributed by atoms with van der Waals surface area (Å²) in [5.41, 5.74) is 1.02. The van der Waals surface area contributed by atoms with Crippen molar-refractivity contribution >= 4 is 23.1 Å². The molecule has 5 atom stereocenters. The van der Waals surface area contributed by atoms with Crippen molar-refractivity contribution in [3.8, 4) is 11.5 Å². The molecular formula is C31H45O2PS. The molecule has 0 amide bonds. The van der Waals surface area contributed by atoms with Gasteiger partial charge in [-0.1, -0.05) is 113 Å². The predicted molar refractivity (Wildman–Crippen MR) is 153 cm³/mol. The summed E-state index contributed by atoms with van der Waals surface area (Å²) in [6.07, 6.45) is 22.8. The van der Waals surface area contributed by atoms with Crippen molar-refractivity contribution in [3.63, 3.8) is 0 Å². The maximum Gasteiger partial charge on any atom is 0.131 e. The lowest BCUT2D eigenvalue weighted by Crippen LogP contribution is -2.50. The minimum atomic E-state index is -1.93. The van der Waals surface area contributed by atoms with Crippen LogP contribution in [0.25, 0.3) is 0 Å². The molecule has 2 nitrogen and oxygen atoms in total. The van der Waals surface area contributed by atoms with E-state index in [1.165, 1.54) is 114 Å². The molecule has 0 radical (unpaired) electrons. The highest BCUT2D eigenvalue weighted by molar-refractivity contribution is 8.19. The van der Waals surface area contributed by atoms with Crippen molar-refractivity contribution in [2.24, 2.45) is 0 Å². The third-order valence-corrected chi connectivity index (χ3v) is 15.3. The maximum absolute atomic E-state index is 7.13. The second-order valence-electron chi connectivity index (χ2n) is 11.3. The molecule has 2 saturated carbocycles. The van der Waals surface area contributed by atoms with Crippen LogP contribution >= 0.6 is 6.04 Å². The molecule has 2 fully saturated rings. The lowest BCUT2D eigenvalue weighted by atomic mass is 9.98. The van der Waals surface area contributed by atoms with Gasteiger partial charge in [-0.15, -0.1) is 0 Å². The van der Waals surface area contributed by atoms with Gasteiger partial charge in [-0.05, 0) is 50.7 Å². The molecule has 1 aromatic carbocycles. The Kier molecular flexibility index (Phi) is 9.11. The smallest absolute Gasteiger partial charge is 0.131 e. The first-order valence-electron chi connectivity index (χ1n) is 14.7. The van der Waals surface area contributed by atoms with Crippen LogP contribution in [0.2, 0.25) is 0 Å². The highest BCUT2D eigenvalue weighted by Crippen LogP contribution is 2.67. The molecular weight excluding hydrogens is 467 g/mol. The Balaban J connectivity index is 1.66. The zero-order valence-corrected chi connectivity index (χ0v) is 23.3. The summed E-state index contributed by atoms with van der Waals surface area (Å²) in [4.78, 5) is 0. The molecule has 5 unspecified atom stereocenters. The van der Waals surface area contributed by atoms with Crippen molar-refractivity contribution in [1.82, 2.24) is 0 Å². The Morgan fingerprint density at radius 2 is 0.886 bits per heavy atom. The van der Waals surface area contributed by atoms with Gasteiger partial charge in [-0.3, -0.25) is 0 Å². The number of hydrogen-bond acceptors (Lipinski definition) is 3. The fourth-order valence-corrected chi connectivity index (χ4v) is 13.7. The topological polar surface area (TPSA) is 18.5 Å². The molecule has 0 aromatic heterocycles.